The molecule has 0 aromatic heterocycles. The van der Waals surface area contributed by atoms with Gasteiger partial charge in [-0.1, -0.05) is 199 Å². The number of thioether (sulfide) groups is 1. The van der Waals surface area contributed by atoms with Crippen molar-refractivity contribution in [1.29, 1.82) is 0 Å². The topological polar surface area (TPSA) is 81.7 Å². The van der Waals surface area contributed by atoms with Crippen molar-refractivity contribution < 1.29 is 27.3 Å². The molecule has 0 aromatic rings. The van der Waals surface area contributed by atoms with Crippen LogP contribution in [0.15, 0.2) is 0 Å². The fraction of sp³-hybridized carbons (Fsp3) is 0.983. The van der Waals surface area contributed by atoms with Gasteiger partial charge in [-0.3, -0.25) is 4.79 Å². The molecule has 73 heavy (non-hydrogen) atoms. The number of hydrogen-bond acceptors (Lipinski definition) is 10. The van der Waals surface area contributed by atoms with Crippen molar-refractivity contribution in [1.82, 2.24) is 14.7 Å². The highest BCUT2D eigenvalue weighted by atomic mass is 32.2. The molecule has 0 spiro atoms. The number of hydrogen-bond donors (Lipinski definition) is 1. The number of ether oxygens (including phenoxy) is 1. The Kier molecular flexibility index (Phi) is 26.9. The van der Waals surface area contributed by atoms with Crippen molar-refractivity contribution in [2.45, 2.75) is 324 Å². The van der Waals surface area contributed by atoms with Crippen LogP contribution in [-0.2, 0) is 27.3 Å². The third-order valence-corrected chi connectivity index (χ3v) is 40.2. The van der Waals surface area contributed by atoms with Gasteiger partial charge in [-0.15, -0.1) is 0 Å². The first-order chi connectivity index (χ1) is 32.1. The van der Waals surface area contributed by atoms with Gasteiger partial charge in [-0.2, -0.15) is 0 Å². The van der Waals surface area contributed by atoms with E-state index in [0.29, 0.717) is 82.5 Å². The Balaban J connectivity index is 7.53. The van der Waals surface area contributed by atoms with Crippen molar-refractivity contribution >= 4 is 50.3 Å². The maximum atomic E-state index is 14.0. The van der Waals surface area contributed by atoms with Crippen LogP contribution in [0.2, 0.25) is 45.3 Å². The molecule has 0 amide bonds. The van der Waals surface area contributed by atoms with Crippen molar-refractivity contribution in [2.24, 2.45) is 0 Å². The zero-order chi connectivity index (χ0) is 58.4. The summed E-state index contributed by atoms with van der Waals surface area (Å²) in [6.07, 6.45) is 0.363. The highest BCUT2D eigenvalue weighted by molar-refractivity contribution is 8.13. The molecular formula is C59H128N3O6PSSi3. The second kappa shape index (κ2) is 26.6. The van der Waals surface area contributed by atoms with Crippen molar-refractivity contribution in [3.63, 3.8) is 0 Å². The summed E-state index contributed by atoms with van der Waals surface area (Å²) in [5, 5.41) is 3.34. The highest BCUT2D eigenvalue weighted by Crippen LogP contribution is 2.66. The number of carbonyl (C=O) groups is 1. The molecule has 0 fully saturated rings. The van der Waals surface area contributed by atoms with Crippen molar-refractivity contribution in [2.75, 3.05) is 51.9 Å². The minimum absolute atomic E-state index is 0.104. The average molecular weight is 1120 g/mol. The van der Waals surface area contributed by atoms with Gasteiger partial charge < -0.3 is 27.9 Å². The van der Waals surface area contributed by atoms with Crippen LogP contribution in [0.5, 0.6) is 0 Å². The maximum Gasteiger partial charge on any atom is 0.208 e. The SMILES string of the molecule is CC(C)N(C(C)C)P(OCCOCCSC(=O)CCNC(CO[Si](C(C)(C)C)(C(C)(C)C)C(C)(C)C)(CO[Si](C(C)(C)C)(C(C)(C)C)C(C)(C)C)CO[Si](C(C)(C)C)(C(C)(C)C)C(C)(C)C)N(C(C)C)C(C)C. The van der Waals surface area contributed by atoms with E-state index >= 15 is 0 Å². The summed E-state index contributed by atoms with van der Waals surface area (Å²) in [6.45, 7) is 86.0. The second-order valence-corrected chi connectivity index (χ2v) is 53.5. The summed E-state index contributed by atoms with van der Waals surface area (Å²) < 4.78 is 41.9. The van der Waals surface area contributed by atoms with E-state index in [0.717, 1.165) is 0 Å². The first kappa shape index (κ1) is 73.8. The van der Waals surface area contributed by atoms with Gasteiger partial charge in [0.2, 0.25) is 25.0 Å². The Morgan fingerprint density at radius 2 is 0.699 bits per heavy atom. The van der Waals surface area contributed by atoms with Crippen molar-refractivity contribution in [3.05, 3.63) is 0 Å². The first-order valence-corrected chi connectivity index (χ1v) is 36.4. The minimum atomic E-state index is -2.74. The molecule has 0 unspecified atom stereocenters. The van der Waals surface area contributed by atoms with Crippen LogP contribution in [0.1, 0.15) is 249 Å². The lowest BCUT2D eigenvalue weighted by atomic mass is 10.0. The van der Waals surface area contributed by atoms with Crippen LogP contribution in [0.3, 0.4) is 0 Å². The Morgan fingerprint density at radius 1 is 0.438 bits per heavy atom. The highest BCUT2D eigenvalue weighted by Gasteiger charge is 2.66. The number of nitrogens with one attached hydrogen (secondary N) is 1. The molecular weight excluding hydrogens is 994 g/mol. The fourth-order valence-corrected chi connectivity index (χ4v) is 44.9. The van der Waals surface area contributed by atoms with Gasteiger partial charge in [0.25, 0.3) is 0 Å². The van der Waals surface area contributed by atoms with Gasteiger partial charge in [0.1, 0.15) is 0 Å². The summed E-state index contributed by atoms with van der Waals surface area (Å²) in [4.78, 5) is 14.0. The molecule has 438 valence electrons. The van der Waals surface area contributed by atoms with Crippen molar-refractivity contribution in [3.8, 4) is 0 Å². The monoisotopic (exact) mass is 1120 g/mol. The van der Waals surface area contributed by atoms with E-state index in [-0.39, 0.29) is 50.5 Å². The molecule has 0 bridgehead atoms. The molecule has 0 aliphatic rings. The molecule has 0 radical (unpaired) electrons. The van der Waals surface area contributed by atoms with Gasteiger partial charge in [-0.05, 0) is 101 Å². The molecule has 9 nitrogen and oxygen atoms in total. The lowest BCUT2D eigenvalue weighted by molar-refractivity contribution is -0.111. The van der Waals surface area contributed by atoms with E-state index in [4.69, 9.17) is 22.5 Å². The van der Waals surface area contributed by atoms with Crippen LogP contribution < -0.4 is 5.32 Å². The molecule has 0 aliphatic heterocycles. The van der Waals surface area contributed by atoms with Crippen LogP contribution in [-0.4, -0.2) is 121 Å². The average Bonchev–Trinajstić information content (AvgIpc) is 3.09. The maximum absolute atomic E-state index is 14.0. The molecule has 0 aromatic carbocycles. The Labute approximate surface area is 465 Å². The number of rotatable bonds is 26. The third kappa shape index (κ3) is 17.6. The fourth-order valence-electron chi connectivity index (χ4n) is 16.3. The predicted octanol–water partition coefficient (Wildman–Crippen LogP) is 18.5. The summed E-state index contributed by atoms with van der Waals surface area (Å²) >= 11 is 1.37. The Morgan fingerprint density at radius 3 is 0.932 bits per heavy atom. The predicted molar refractivity (Wildman–Crippen MR) is 333 cm³/mol. The zero-order valence-electron chi connectivity index (χ0n) is 55.4. The lowest BCUT2D eigenvalue weighted by Crippen LogP contribution is -2.69. The smallest absolute Gasteiger partial charge is 0.208 e. The van der Waals surface area contributed by atoms with Crippen LogP contribution in [0.4, 0.5) is 0 Å². The molecule has 0 aliphatic carbocycles. The second-order valence-electron chi connectivity index (χ2n) is 32.2. The number of nitrogens with zero attached hydrogens (tertiary/aromatic N) is 2. The van der Waals surface area contributed by atoms with Gasteiger partial charge in [0.15, 0.2) is 13.6 Å². The Hall–Kier alpha value is 0.781. The van der Waals surface area contributed by atoms with Crippen LogP contribution >= 0.6 is 20.2 Å². The van der Waals surface area contributed by atoms with E-state index in [1.807, 2.05) is 0 Å². The van der Waals surface area contributed by atoms with E-state index in [9.17, 15) is 4.79 Å². The van der Waals surface area contributed by atoms with E-state index in [2.05, 4.69) is 257 Å². The largest absolute Gasteiger partial charge is 0.413 e. The van der Waals surface area contributed by atoms with Gasteiger partial charge in [-0.25, -0.2) is 9.34 Å². The molecule has 14 heteroatoms. The van der Waals surface area contributed by atoms with E-state index < -0.39 is 38.9 Å². The quantitative estimate of drug-likeness (QED) is 0.0514. The molecule has 0 saturated carbocycles. The van der Waals surface area contributed by atoms with Gasteiger partial charge in [0, 0.05) is 42.9 Å². The summed E-state index contributed by atoms with van der Waals surface area (Å²) in [6, 6.07) is 1.40. The van der Waals surface area contributed by atoms with E-state index in [1.54, 1.807) is 0 Å². The standard InChI is InChI=1S/C59H128N3O6PSSi3/c1-45(2)61(46(3)4)69(62(47(5)6)48(7)8)65-39-38-64-40-41-70-49(63)36-37-60-59(42-66-71(50(9,10)11,51(12,13)14)52(15,16)17,43-67-72(53(18,19)20,54(21,22)23)55(24,25)26)44-68-73(56(27,28)29,57(30,31)32)58(33,34)35/h45-48,60H,36-44H2,1-35H3. The summed E-state index contributed by atoms with van der Waals surface area (Å²) in [7, 11) is -9.19. The zero-order valence-corrected chi connectivity index (χ0v) is 60.1. The summed E-state index contributed by atoms with van der Waals surface area (Å²) in [5.41, 5.74) is -0.783. The molecule has 0 saturated heterocycles. The van der Waals surface area contributed by atoms with Crippen LogP contribution in [0.25, 0.3) is 0 Å². The molecule has 0 rings (SSSR count). The minimum Gasteiger partial charge on any atom is -0.413 e. The van der Waals surface area contributed by atoms with Gasteiger partial charge in [0.05, 0.1) is 45.2 Å². The molecule has 0 atom stereocenters. The first-order valence-electron chi connectivity index (χ1n) is 28.5. The van der Waals surface area contributed by atoms with E-state index in [1.165, 1.54) is 11.8 Å². The lowest BCUT2D eigenvalue weighted by Gasteiger charge is -2.61. The Bertz CT molecular complexity index is 1370. The molecule has 1 N–H and O–H groups in total. The summed E-state index contributed by atoms with van der Waals surface area (Å²) in [5.74, 6) is 0.590. The normalized spacial score (nSPS) is 15.5. The van der Waals surface area contributed by atoms with Crippen LogP contribution in [0, 0.1) is 0 Å². The molecule has 0 heterocycles. The van der Waals surface area contributed by atoms with Gasteiger partial charge >= 0.3 is 0 Å². The third-order valence-electron chi connectivity index (χ3n) is 15.5. The number of carbonyl (C=O) groups excluding carboxylic acids is 1.